The highest BCUT2D eigenvalue weighted by molar-refractivity contribution is 7.89. The van der Waals surface area contributed by atoms with Gasteiger partial charge in [-0.25, -0.2) is 13.2 Å². The van der Waals surface area contributed by atoms with Gasteiger partial charge in [-0.3, -0.25) is 14.7 Å². The van der Waals surface area contributed by atoms with Gasteiger partial charge in [0.1, 0.15) is 6.10 Å². The van der Waals surface area contributed by atoms with Gasteiger partial charge in [-0.05, 0) is 42.0 Å². The number of non-ortho nitro benzene ring substituents is 1. The number of carbonyl (C=O) groups is 1. The van der Waals surface area contributed by atoms with E-state index in [-0.39, 0.29) is 42.6 Å². The summed E-state index contributed by atoms with van der Waals surface area (Å²) in [5, 5.41) is 14.0. The number of benzene rings is 3. The summed E-state index contributed by atoms with van der Waals surface area (Å²) in [7, 11) is -8.15. The molecule has 1 amide bonds. The van der Waals surface area contributed by atoms with Crippen LogP contribution in [0.3, 0.4) is 0 Å². The Kier molecular flexibility index (Phi) is 13.3. The summed E-state index contributed by atoms with van der Waals surface area (Å²) in [6.45, 7) is 5.07. The lowest BCUT2D eigenvalue weighted by Crippen LogP contribution is -2.52. The molecule has 0 spiro atoms. The zero-order valence-electron chi connectivity index (χ0n) is 27.2. The van der Waals surface area contributed by atoms with E-state index < -0.39 is 47.1 Å². The Morgan fingerprint density at radius 3 is 2.21 bits per heavy atom. The summed E-state index contributed by atoms with van der Waals surface area (Å²) in [6.07, 6.45) is -1.31. The van der Waals surface area contributed by atoms with Crippen LogP contribution in [0.5, 0.6) is 0 Å². The second-order valence-corrected chi connectivity index (χ2v) is 15.9. The van der Waals surface area contributed by atoms with Gasteiger partial charge in [0.05, 0.1) is 29.1 Å². The number of nitrogens with one attached hydrogen (secondary N) is 1. The predicted octanol–water partition coefficient (Wildman–Crippen LogP) is 6.14. The molecule has 0 saturated carbocycles. The zero-order valence-corrected chi connectivity index (χ0v) is 28.9. The average molecular weight is 704 g/mol. The fraction of sp³-hybridized carbons (Fsp3) is 0.424. The molecule has 260 valence electrons. The highest BCUT2D eigenvalue weighted by Gasteiger charge is 2.37. The quantitative estimate of drug-likeness (QED) is 0.0981. The maximum Gasteiger partial charge on any atom is 0.409 e. The summed E-state index contributed by atoms with van der Waals surface area (Å²) in [6, 6.07) is 21.9. The number of hydrogen-bond acceptors (Lipinski definition) is 10. The molecule has 0 aliphatic carbocycles. The van der Waals surface area contributed by atoms with Crippen LogP contribution in [0.1, 0.15) is 37.8 Å². The highest BCUT2D eigenvalue weighted by Crippen LogP contribution is 2.47. The van der Waals surface area contributed by atoms with Gasteiger partial charge in [0.25, 0.3) is 5.69 Å². The first-order valence-electron chi connectivity index (χ1n) is 15.6. The van der Waals surface area contributed by atoms with Crippen molar-refractivity contribution in [2.24, 2.45) is 5.92 Å². The van der Waals surface area contributed by atoms with Gasteiger partial charge < -0.3 is 23.8 Å². The normalized spacial score (nSPS) is 17.5. The third-order valence-corrected chi connectivity index (χ3v) is 10.5. The maximum atomic E-state index is 14.1. The van der Waals surface area contributed by atoms with E-state index in [2.05, 4.69) is 5.32 Å². The number of alkyl carbamates (subject to hydrolysis) is 1. The van der Waals surface area contributed by atoms with Crippen LogP contribution in [0.2, 0.25) is 0 Å². The van der Waals surface area contributed by atoms with E-state index in [1.165, 1.54) is 23.1 Å². The first-order valence-corrected chi connectivity index (χ1v) is 19.1. The number of sulfonamides is 1. The monoisotopic (exact) mass is 703 g/mol. The van der Waals surface area contributed by atoms with Gasteiger partial charge in [-0.2, -0.15) is 4.31 Å². The lowest BCUT2D eigenvalue weighted by atomic mass is 10.0. The number of carbonyl (C=O) groups excluding carboxylic acids is 1. The molecule has 1 aliphatic heterocycles. The number of amides is 1. The van der Waals surface area contributed by atoms with Crippen molar-refractivity contribution in [2.45, 2.75) is 63.0 Å². The number of nitro benzene ring substituents is 1. The predicted molar refractivity (Wildman–Crippen MR) is 179 cm³/mol. The lowest BCUT2D eigenvalue weighted by Gasteiger charge is -2.34. The minimum absolute atomic E-state index is 0.0243. The van der Waals surface area contributed by atoms with E-state index in [4.69, 9.17) is 18.5 Å². The first-order chi connectivity index (χ1) is 22.8. The van der Waals surface area contributed by atoms with E-state index >= 15 is 0 Å². The highest BCUT2D eigenvalue weighted by atomic mass is 32.2. The maximum absolute atomic E-state index is 14.1. The van der Waals surface area contributed by atoms with Crippen molar-refractivity contribution >= 4 is 29.4 Å². The van der Waals surface area contributed by atoms with Crippen molar-refractivity contribution in [1.29, 1.82) is 0 Å². The number of nitro groups is 1. The molecule has 1 saturated heterocycles. The second kappa shape index (κ2) is 17.1. The van der Waals surface area contributed by atoms with Gasteiger partial charge in [0, 0.05) is 38.3 Å². The number of rotatable bonds is 17. The summed E-state index contributed by atoms with van der Waals surface area (Å²) in [5.41, 5.74) is 1.28. The fourth-order valence-electron chi connectivity index (χ4n) is 5.13. The van der Waals surface area contributed by atoms with Crippen LogP contribution in [0.25, 0.3) is 0 Å². The van der Waals surface area contributed by atoms with Gasteiger partial charge in [0.2, 0.25) is 16.3 Å². The van der Waals surface area contributed by atoms with Crippen LogP contribution in [0.15, 0.2) is 89.8 Å². The molecule has 15 heteroatoms. The Bertz CT molecular complexity index is 1640. The Balaban J connectivity index is 1.70. The molecular formula is C33H42N3O10PS. The Morgan fingerprint density at radius 2 is 1.65 bits per heavy atom. The molecule has 13 nitrogen and oxygen atoms in total. The van der Waals surface area contributed by atoms with Crippen LogP contribution in [0, 0.1) is 16.0 Å². The molecular weight excluding hydrogens is 661 g/mol. The molecule has 4 rings (SSSR count). The average Bonchev–Trinajstić information content (AvgIpc) is 3.56. The number of hydrogen-bond donors (Lipinski definition) is 1. The largest absolute Gasteiger partial charge is 0.420 e. The molecule has 0 radical (unpaired) electrons. The first kappa shape index (κ1) is 37.2. The molecule has 1 heterocycles. The van der Waals surface area contributed by atoms with E-state index in [1.807, 2.05) is 62.4 Å². The molecule has 1 N–H and O–H groups in total. The minimum Gasteiger partial charge on any atom is -0.420 e. The summed E-state index contributed by atoms with van der Waals surface area (Å²) in [4.78, 5) is 23.6. The summed E-state index contributed by atoms with van der Waals surface area (Å²) >= 11 is 0. The standard InChI is InChI=1S/C33H42N3O10PS/c1-25(2)22-35(48(41,42)29-18-16-28(17-19-29)36(38)39)23-31(46-47(3,40)44-24-27-13-8-5-9-14-27)30(21-26-11-6-4-7-12-26)34-33(37)45-32-15-10-20-43-32/h4-9,11-14,16-19,25,30-32H,10,15,20-24H2,1-3H3,(H,34,37). The Hall–Kier alpha value is -3.65. The van der Waals surface area contributed by atoms with Gasteiger partial charge in [0.15, 0.2) is 0 Å². The van der Waals surface area contributed by atoms with Crippen LogP contribution < -0.4 is 5.32 Å². The van der Waals surface area contributed by atoms with Crippen molar-refractivity contribution in [1.82, 2.24) is 9.62 Å². The third-order valence-electron chi connectivity index (χ3n) is 7.45. The number of ether oxygens (including phenoxy) is 2. The molecule has 3 aromatic rings. The van der Waals surface area contributed by atoms with Gasteiger partial charge >= 0.3 is 13.7 Å². The third kappa shape index (κ3) is 11.2. The lowest BCUT2D eigenvalue weighted by molar-refractivity contribution is -0.384. The van der Waals surface area contributed by atoms with Crippen molar-refractivity contribution in [3.63, 3.8) is 0 Å². The van der Waals surface area contributed by atoms with Crippen molar-refractivity contribution in [3.8, 4) is 0 Å². The smallest absolute Gasteiger partial charge is 0.409 e. The SMILES string of the molecule is CC(C)CN(CC(OP(C)(=O)OCc1ccccc1)C(Cc1ccccc1)NC(=O)OC1CCCO1)S(=O)(=O)c1ccc([N+](=O)[O-])cc1. The van der Waals surface area contributed by atoms with E-state index in [0.29, 0.717) is 13.0 Å². The molecule has 4 unspecified atom stereocenters. The second-order valence-electron chi connectivity index (χ2n) is 11.9. The molecule has 0 bridgehead atoms. The van der Waals surface area contributed by atoms with Crippen LogP contribution in [-0.4, -0.2) is 68.5 Å². The van der Waals surface area contributed by atoms with Crippen LogP contribution >= 0.6 is 7.60 Å². The molecule has 4 atom stereocenters. The van der Waals surface area contributed by atoms with Gasteiger partial charge in [-0.15, -0.1) is 0 Å². The van der Waals surface area contributed by atoms with Crippen molar-refractivity contribution in [2.75, 3.05) is 26.4 Å². The number of nitrogens with zero attached hydrogens (tertiary/aromatic N) is 2. The van der Waals surface area contributed by atoms with E-state index in [0.717, 1.165) is 29.7 Å². The molecule has 48 heavy (non-hydrogen) atoms. The molecule has 3 aromatic carbocycles. The Morgan fingerprint density at radius 1 is 1.02 bits per heavy atom. The minimum atomic E-state index is -4.26. The Labute approximate surface area is 281 Å². The van der Waals surface area contributed by atoms with Crippen molar-refractivity contribution < 1.29 is 41.2 Å². The zero-order chi connectivity index (χ0) is 34.7. The summed E-state index contributed by atoms with van der Waals surface area (Å²) < 4.78 is 66.1. The van der Waals surface area contributed by atoms with Crippen molar-refractivity contribution in [3.05, 3.63) is 106 Å². The summed E-state index contributed by atoms with van der Waals surface area (Å²) in [5.74, 6) is -0.161. The van der Waals surface area contributed by atoms with E-state index in [1.54, 1.807) is 12.1 Å². The van der Waals surface area contributed by atoms with Crippen LogP contribution in [0.4, 0.5) is 10.5 Å². The van der Waals surface area contributed by atoms with E-state index in [9.17, 15) is 27.9 Å². The molecule has 1 aliphatic rings. The van der Waals surface area contributed by atoms with Gasteiger partial charge in [-0.1, -0.05) is 74.5 Å². The topological polar surface area (TPSA) is 164 Å². The van der Waals surface area contributed by atoms with Crippen LogP contribution in [-0.2, 0) is 46.1 Å². The molecule has 1 fully saturated rings. The fourth-order valence-corrected chi connectivity index (χ4v) is 7.90. The molecule has 0 aromatic heterocycles.